The van der Waals surface area contributed by atoms with Crippen LogP contribution in [0.4, 0.5) is 5.69 Å². The number of benzene rings is 1. The molecule has 1 aromatic heterocycles. The second-order valence-electron chi connectivity index (χ2n) is 6.34. The number of esters is 1. The highest BCUT2D eigenvalue weighted by Gasteiger charge is 2.18. The van der Waals surface area contributed by atoms with E-state index < -0.39 is 5.97 Å². The molecule has 1 aromatic carbocycles. The number of rotatable bonds is 7. The van der Waals surface area contributed by atoms with E-state index >= 15 is 0 Å². The van der Waals surface area contributed by atoms with Crippen molar-refractivity contribution in [3.63, 3.8) is 0 Å². The summed E-state index contributed by atoms with van der Waals surface area (Å²) in [6, 6.07) is 8.61. The maximum Gasteiger partial charge on any atom is 0.306 e. The molecule has 0 fully saturated rings. The average molecular weight is 385 g/mol. The van der Waals surface area contributed by atoms with Crippen LogP contribution in [0.3, 0.4) is 0 Å². The molecule has 0 bridgehead atoms. The van der Waals surface area contributed by atoms with E-state index in [0.717, 1.165) is 10.4 Å². The van der Waals surface area contributed by atoms with Crippen LogP contribution in [0.2, 0.25) is 0 Å². The molecule has 0 aliphatic carbocycles. The molecule has 2 aromatic rings. The quantitative estimate of drug-likeness (QED) is 0.583. The van der Waals surface area contributed by atoms with E-state index in [9.17, 15) is 19.2 Å². The van der Waals surface area contributed by atoms with Crippen LogP contribution in [0.5, 0.6) is 0 Å². The van der Waals surface area contributed by atoms with Gasteiger partial charge in [-0.15, -0.1) is 11.3 Å². The Morgan fingerprint density at radius 2 is 1.89 bits per heavy atom. The molecule has 7 heteroatoms. The van der Waals surface area contributed by atoms with Gasteiger partial charge in [0.05, 0.1) is 11.3 Å². The molecule has 0 saturated heterocycles. The first kappa shape index (κ1) is 19.0. The van der Waals surface area contributed by atoms with Crippen LogP contribution >= 0.6 is 11.3 Å². The predicted octanol–water partition coefficient (Wildman–Crippen LogP) is 3.33. The summed E-state index contributed by atoms with van der Waals surface area (Å²) in [5, 5.41) is 2.75. The maximum absolute atomic E-state index is 12.2. The molecule has 1 aliphatic heterocycles. The van der Waals surface area contributed by atoms with Crippen LogP contribution < -0.4 is 5.32 Å². The molecule has 0 atom stereocenters. The Labute approximate surface area is 160 Å². The minimum absolute atomic E-state index is 0.0391. The predicted molar refractivity (Wildman–Crippen MR) is 101 cm³/mol. The normalized spacial score (nSPS) is 12.9. The molecular weight excluding hydrogens is 366 g/mol. The third-order valence-electron chi connectivity index (χ3n) is 4.26. The van der Waals surface area contributed by atoms with Gasteiger partial charge in [0.2, 0.25) is 5.91 Å². The Balaban J connectivity index is 1.48. The summed E-state index contributed by atoms with van der Waals surface area (Å²) in [5.41, 5.74) is 2.04. The highest BCUT2D eigenvalue weighted by Crippen LogP contribution is 2.24. The maximum atomic E-state index is 12.2. The van der Waals surface area contributed by atoms with Gasteiger partial charge in [0.25, 0.3) is 0 Å². The molecule has 0 unspecified atom stereocenters. The number of Topliss-reactive ketones (excluding diaryl/α,β-unsaturated/α-hetero) is 2. The minimum Gasteiger partial charge on any atom is -0.457 e. The number of thiophene rings is 1. The van der Waals surface area contributed by atoms with Gasteiger partial charge in [0.15, 0.2) is 18.2 Å². The summed E-state index contributed by atoms with van der Waals surface area (Å²) >= 11 is 1.39. The number of anilines is 1. The molecule has 0 saturated carbocycles. The van der Waals surface area contributed by atoms with E-state index in [1.165, 1.54) is 11.3 Å². The third kappa shape index (κ3) is 4.89. The van der Waals surface area contributed by atoms with Crippen molar-refractivity contribution in [2.45, 2.75) is 32.6 Å². The first-order valence-corrected chi connectivity index (χ1v) is 9.45. The Kier molecular flexibility index (Phi) is 5.81. The second kappa shape index (κ2) is 8.26. The summed E-state index contributed by atoms with van der Waals surface area (Å²) in [6.07, 6.45) is 0.967. The molecule has 1 aliphatic rings. The summed E-state index contributed by atoms with van der Waals surface area (Å²) in [6.45, 7) is 1.55. The lowest BCUT2D eigenvalue weighted by atomic mass is 9.99. The van der Waals surface area contributed by atoms with E-state index in [1.807, 2.05) is 13.0 Å². The van der Waals surface area contributed by atoms with Gasteiger partial charge in [-0.2, -0.15) is 0 Å². The van der Waals surface area contributed by atoms with Gasteiger partial charge < -0.3 is 10.1 Å². The summed E-state index contributed by atoms with van der Waals surface area (Å²) < 4.78 is 5.00. The lowest BCUT2D eigenvalue weighted by Gasteiger charge is -2.17. The lowest BCUT2D eigenvalue weighted by Crippen LogP contribution is -2.20. The van der Waals surface area contributed by atoms with Crippen LogP contribution in [0.15, 0.2) is 30.3 Å². The Morgan fingerprint density at radius 1 is 1.07 bits per heavy atom. The molecule has 2 heterocycles. The van der Waals surface area contributed by atoms with Gasteiger partial charge in [0, 0.05) is 29.0 Å². The van der Waals surface area contributed by atoms with Crippen LogP contribution in [0, 0.1) is 6.92 Å². The number of ether oxygens (including phenoxy) is 1. The zero-order chi connectivity index (χ0) is 19.4. The molecule has 27 heavy (non-hydrogen) atoms. The number of ketones is 2. The summed E-state index contributed by atoms with van der Waals surface area (Å²) in [4.78, 5) is 49.1. The van der Waals surface area contributed by atoms with Crippen LogP contribution in [-0.4, -0.2) is 30.0 Å². The monoisotopic (exact) mass is 385 g/mol. The lowest BCUT2D eigenvalue weighted by molar-refractivity contribution is -0.142. The number of hydrogen-bond acceptors (Lipinski definition) is 6. The smallest absolute Gasteiger partial charge is 0.306 e. The number of nitrogens with one attached hydrogen (secondary N) is 1. The molecule has 6 nitrogen and oxygen atoms in total. The molecular formula is C20H19NO5S. The van der Waals surface area contributed by atoms with Crippen molar-refractivity contribution in [1.82, 2.24) is 0 Å². The van der Waals surface area contributed by atoms with Crippen molar-refractivity contribution in [2.24, 2.45) is 0 Å². The standard InChI is InChI=1S/C20H19NO5S/c1-12-2-7-18(27-12)16(22)6-9-20(25)26-11-17(23)14-3-5-15-13(10-14)4-8-19(24)21-15/h2-3,5,7,10H,4,6,8-9,11H2,1H3,(H,21,24). The molecule has 1 amide bonds. The fraction of sp³-hybridized carbons (Fsp3) is 0.300. The SMILES string of the molecule is Cc1ccc(C(=O)CCC(=O)OCC(=O)c2ccc3c(c2)CCC(=O)N3)s1. The molecule has 1 N–H and O–H groups in total. The van der Waals surface area contributed by atoms with Crippen LogP contribution in [-0.2, 0) is 20.7 Å². The highest BCUT2D eigenvalue weighted by atomic mass is 32.1. The molecule has 0 spiro atoms. The van der Waals surface area contributed by atoms with Gasteiger partial charge in [-0.05, 0) is 49.2 Å². The molecule has 0 radical (unpaired) electrons. The van der Waals surface area contributed by atoms with E-state index in [2.05, 4.69) is 5.32 Å². The number of carbonyl (C=O) groups excluding carboxylic acids is 4. The van der Waals surface area contributed by atoms with E-state index in [4.69, 9.17) is 4.74 Å². The van der Waals surface area contributed by atoms with Gasteiger partial charge in [0.1, 0.15) is 0 Å². The van der Waals surface area contributed by atoms with Gasteiger partial charge in [-0.3, -0.25) is 19.2 Å². The first-order valence-electron chi connectivity index (χ1n) is 8.63. The zero-order valence-corrected chi connectivity index (χ0v) is 15.7. The third-order valence-corrected chi connectivity index (χ3v) is 5.30. The Bertz CT molecular complexity index is 915. The van der Waals surface area contributed by atoms with E-state index in [1.54, 1.807) is 24.3 Å². The van der Waals surface area contributed by atoms with Crippen molar-refractivity contribution in [2.75, 3.05) is 11.9 Å². The van der Waals surface area contributed by atoms with Gasteiger partial charge >= 0.3 is 5.97 Å². The second-order valence-corrected chi connectivity index (χ2v) is 7.63. The number of fused-ring (bicyclic) bond motifs is 1. The Morgan fingerprint density at radius 3 is 2.63 bits per heavy atom. The van der Waals surface area contributed by atoms with E-state index in [-0.39, 0.29) is 36.9 Å². The van der Waals surface area contributed by atoms with E-state index in [0.29, 0.717) is 29.0 Å². The van der Waals surface area contributed by atoms with Crippen molar-refractivity contribution >= 4 is 40.5 Å². The highest BCUT2D eigenvalue weighted by molar-refractivity contribution is 7.14. The summed E-state index contributed by atoms with van der Waals surface area (Å²) in [7, 11) is 0. The first-order chi connectivity index (χ1) is 12.9. The van der Waals surface area contributed by atoms with Crippen molar-refractivity contribution in [3.8, 4) is 0 Å². The Hall–Kier alpha value is -2.80. The number of aryl methyl sites for hydroxylation is 2. The molecule has 140 valence electrons. The van der Waals surface area contributed by atoms with Crippen molar-refractivity contribution in [1.29, 1.82) is 0 Å². The largest absolute Gasteiger partial charge is 0.457 e. The fourth-order valence-electron chi connectivity index (χ4n) is 2.78. The van der Waals surface area contributed by atoms with Gasteiger partial charge in [-0.25, -0.2) is 0 Å². The number of amides is 1. The van der Waals surface area contributed by atoms with Gasteiger partial charge in [-0.1, -0.05) is 0 Å². The van der Waals surface area contributed by atoms with Crippen molar-refractivity contribution < 1.29 is 23.9 Å². The number of carbonyl (C=O) groups is 4. The topological polar surface area (TPSA) is 89.5 Å². The van der Waals surface area contributed by atoms with Crippen molar-refractivity contribution in [3.05, 3.63) is 51.2 Å². The average Bonchev–Trinajstić information content (AvgIpc) is 3.10. The summed E-state index contributed by atoms with van der Waals surface area (Å²) in [5.74, 6) is -1.03. The van der Waals surface area contributed by atoms with Crippen LogP contribution in [0.1, 0.15) is 49.7 Å². The molecule has 3 rings (SSSR count). The number of hydrogen-bond donors (Lipinski definition) is 1. The fourth-order valence-corrected chi connectivity index (χ4v) is 3.62. The minimum atomic E-state index is -0.574. The zero-order valence-electron chi connectivity index (χ0n) is 14.9. The van der Waals surface area contributed by atoms with Crippen LogP contribution in [0.25, 0.3) is 0 Å².